The van der Waals surface area contributed by atoms with Gasteiger partial charge in [-0.2, -0.15) is 5.10 Å². The Kier molecular flexibility index (Phi) is 5.33. The zero-order valence-corrected chi connectivity index (χ0v) is 14.9. The predicted octanol–water partition coefficient (Wildman–Crippen LogP) is 4.58. The Morgan fingerprint density at radius 2 is 2.00 bits per heavy atom. The summed E-state index contributed by atoms with van der Waals surface area (Å²) in [6.45, 7) is 1.84. The van der Waals surface area contributed by atoms with Gasteiger partial charge in [0, 0.05) is 23.3 Å². The highest BCUT2D eigenvalue weighted by Crippen LogP contribution is 2.32. The number of benzene rings is 2. The van der Waals surface area contributed by atoms with E-state index in [0.717, 1.165) is 5.56 Å². The van der Waals surface area contributed by atoms with Crippen LogP contribution in [0.2, 0.25) is 5.02 Å². The van der Waals surface area contributed by atoms with Crippen LogP contribution in [0.4, 0.5) is 5.69 Å². The second kappa shape index (κ2) is 7.84. The van der Waals surface area contributed by atoms with Crippen molar-refractivity contribution in [1.82, 2.24) is 5.43 Å². The zero-order chi connectivity index (χ0) is 19.4. The standard InChI is InChI=1S/C19H14ClN3O4/c1-12-4-2-3-5-15(12)19(24)22-21-11-14-7-9-18(27-14)16-8-6-13(23(25)26)10-17(16)20/h2-11H,1H3,(H,22,24)/b21-11+. The number of aryl methyl sites for hydroxylation is 1. The Hall–Kier alpha value is -3.45. The maximum Gasteiger partial charge on any atom is 0.271 e. The Bertz CT molecular complexity index is 1040. The average Bonchev–Trinajstić information content (AvgIpc) is 3.10. The first-order chi connectivity index (χ1) is 13.0. The van der Waals surface area contributed by atoms with Crippen molar-refractivity contribution in [2.45, 2.75) is 6.92 Å². The van der Waals surface area contributed by atoms with E-state index < -0.39 is 4.92 Å². The van der Waals surface area contributed by atoms with E-state index in [1.54, 1.807) is 24.3 Å². The molecule has 0 fully saturated rings. The number of rotatable bonds is 5. The monoisotopic (exact) mass is 383 g/mol. The number of amides is 1. The van der Waals surface area contributed by atoms with Gasteiger partial charge in [-0.25, -0.2) is 5.43 Å². The number of furan rings is 1. The molecule has 1 N–H and O–H groups in total. The highest BCUT2D eigenvalue weighted by Gasteiger charge is 2.13. The van der Waals surface area contributed by atoms with Gasteiger partial charge < -0.3 is 4.42 Å². The number of nitro groups is 1. The van der Waals surface area contributed by atoms with E-state index in [1.165, 1.54) is 24.4 Å². The molecule has 27 heavy (non-hydrogen) atoms. The first kappa shape index (κ1) is 18.3. The van der Waals surface area contributed by atoms with Crippen LogP contribution in [-0.2, 0) is 0 Å². The number of carbonyl (C=O) groups is 1. The lowest BCUT2D eigenvalue weighted by Gasteiger charge is -2.02. The molecule has 8 heteroatoms. The third kappa shape index (κ3) is 4.21. The number of non-ortho nitro benzene ring substituents is 1. The van der Waals surface area contributed by atoms with Crippen molar-refractivity contribution in [1.29, 1.82) is 0 Å². The predicted molar refractivity (Wildman–Crippen MR) is 102 cm³/mol. The minimum Gasteiger partial charge on any atom is -0.455 e. The van der Waals surface area contributed by atoms with Crippen LogP contribution in [0.1, 0.15) is 21.7 Å². The van der Waals surface area contributed by atoms with E-state index in [9.17, 15) is 14.9 Å². The number of hydrogen-bond donors (Lipinski definition) is 1. The van der Waals surface area contributed by atoms with Crippen LogP contribution < -0.4 is 5.43 Å². The van der Waals surface area contributed by atoms with Crippen molar-refractivity contribution in [3.05, 3.63) is 86.6 Å². The number of carbonyl (C=O) groups excluding carboxylic acids is 1. The molecule has 0 atom stereocenters. The van der Waals surface area contributed by atoms with Crippen molar-refractivity contribution >= 4 is 29.4 Å². The molecule has 0 radical (unpaired) electrons. The zero-order valence-electron chi connectivity index (χ0n) is 14.2. The van der Waals surface area contributed by atoms with Crippen molar-refractivity contribution in [3.8, 4) is 11.3 Å². The molecular formula is C19H14ClN3O4. The van der Waals surface area contributed by atoms with Crippen LogP contribution in [0.5, 0.6) is 0 Å². The average molecular weight is 384 g/mol. The smallest absolute Gasteiger partial charge is 0.271 e. The minimum atomic E-state index is -0.521. The van der Waals surface area contributed by atoms with Gasteiger partial charge in [0.15, 0.2) is 0 Å². The lowest BCUT2D eigenvalue weighted by atomic mass is 10.1. The van der Waals surface area contributed by atoms with E-state index in [-0.39, 0.29) is 16.6 Å². The summed E-state index contributed by atoms with van der Waals surface area (Å²) in [5, 5.41) is 14.9. The molecular weight excluding hydrogens is 370 g/mol. The van der Waals surface area contributed by atoms with Gasteiger partial charge in [0.1, 0.15) is 11.5 Å². The fraction of sp³-hybridized carbons (Fsp3) is 0.0526. The topological polar surface area (TPSA) is 97.7 Å². The molecule has 0 aliphatic carbocycles. The fourth-order valence-corrected chi connectivity index (χ4v) is 2.69. The molecule has 0 saturated carbocycles. The molecule has 3 aromatic rings. The highest BCUT2D eigenvalue weighted by molar-refractivity contribution is 6.33. The number of hydrazone groups is 1. The summed E-state index contributed by atoms with van der Waals surface area (Å²) in [5.74, 6) is 0.501. The molecule has 0 aliphatic rings. The van der Waals surface area contributed by atoms with Crippen molar-refractivity contribution in [2.24, 2.45) is 5.10 Å². The van der Waals surface area contributed by atoms with E-state index in [2.05, 4.69) is 10.5 Å². The Morgan fingerprint density at radius 3 is 2.70 bits per heavy atom. The summed E-state index contributed by atoms with van der Waals surface area (Å²) in [7, 11) is 0. The molecule has 1 amide bonds. The molecule has 0 spiro atoms. The van der Waals surface area contributed by atoms with Crippen molar-refractivity contribution < 1.29 is 14.1 Å². The van der Waals surface area contributed by atoms with E-state index in [4.69, 9.17) is 16.0 Å². The number of halogens is 1. The molecule has 3 rings (SSSR count). The normalized spacial score (nSPS) is 10.9. The Morgan fingerprint density at radius 1 is 1.22 bits per heavy atom. The SMILES string of the molecule is Cc1ccccc1C(=O)N/N=C/c1ccc(-c2ccc([N+](=O)[O-])cc2Cl)o1. The van der Waals surface area contributed by atoms with Gasteiger partial charge in [-0.05, 0) is 36.8 Å². The quantitative estimate of drug-likeness (QED) is 0.396. The second-order valence-corrected chi connectivity index (χ2v) is 6.04. The maximum atomic E-state index is 12.1. The van der Waals surface area contributed by atoms with Crippen LogP contribution >= 0.6 is 11.6 Å². The van der Waals surface area contributed by atoms with E-state index in [0.29, 0.717) is 22.6 Å². The molecule has 0 bridgehead atoms. The molecule has 1 heterocycles. The first-order valence-electron chi connectivity index (χ1n) is 7.89. The van der Waals surface area contributed by atoms with Gasteiger partial charge in [-0.15, -0.1) is 0 Å². The van der Waals surface area contributed by atoms with Gasteiger partial charge in [-0.3, -0.25) is 14.9 Å². The fourth-order valence-electron chi connectivity index (χ4n) is 2.43. The van der Waals surface area contributed by atoms with E-state index in [1.807, 2.05) is 19.1 Å². The molecule has 0 saturated heterocycles. The first-order valence-corrected chi connectivity index (χ1v) is 8.26. The van der Waals surface area contributed by atoms with Crippen LogP contribution in [0, 0.1) is 17.0 Å². The maximum absolute atomic E-state index is 12.1. The summed E-state index contributed by atoms with van der Waals surface area (Å²) in [5.41, 5.74) is 4.24. The number of hydrogen-bond acceptors (Lipinski definition) is 5. The van der Waals surface area contributed by atoms with Crippen LogP contribution in [0.25, 0.3) is 11.3 Å². The molecule has 0 unspecified atom stereocenters. The third-order valence-electron chi connectivity index (χ3n) is 3.80. The highest BCUT2D eigenvalue weighted by atomic mass is 35.5. The molecule has 1 aromatic heterocycles. The van der Waals surface area contributed by atoms with E-state index >= 15 is 0 Å². The molecule has 136 valence electrons. The number of nitrogens with zero attached hydrogens (tertiary/aromatic N) is 2. The summed E-state index contributed by atoms with van der Waals surface area (Å²) < 4.78 is 5.61. The summed E-state index contributed by atoms with van der Waals surface area (Å²) in [6.07, 6.45) is 1.36. The largest absolute Gasteiger partial charge is 0.455 e. The van der Waals surface area contributed by atoms with Crippen LogP contribution in [-0.4, -0.2) is 17.0 Å². The summed E-state index contributed by atoms with van der Waals surface area (Å²) in [4.78, 5) is 22.3. The van der Waals surface area contributed by atoms with Gasteiger partial charge >= 0.3 is 0 Å². The molecule has 7 nitrogen and oxygen atoms in total. The van der Waals surface area contributed by atoms with Gasteiger partial charge in [-0.1, -0.05) is 29.8 Å². The molecule has 0 aliphatic heterocycles. The number of nitro benzene ring substituents is 1. The lowest BCUT2D eigenvalue weighted by molar-refractivity contribution is -0.384. The van der Waals surface area contributed by atoms with Gasteiger partial charge in [0.2, 0.25) is 0 Å². The minimum absolute atomic E-state index is 0.101. The number of nitrogens with one attached hydrogen (secondary N) is 1. The third-order valence-corrected chi connectivity index (χ3v) is 4.12. The van der Waals surface area contributed by atoms with Gasteiger partial charge in [0.05, 0.1) is 16.2 Å². The summed E-state index contributed by atoms with van der Waals surface area (Å²) in [6, 6.07) is 14.6. The van der Waals surface area contributed by atoms with Crippen LogP contribution in [0.15, 0.2) is 64.1 Å². The Balaban J connectivity index is 1.71. The van der Waals surface area contributed by atoms with Crippen molar-refractivity contribution in [2.75, 3.05) is 0 Å². The lowest BCUT2D eigenvalue weighted by Crippen LogP contribution is -2.18. The second-order valence-electron chi connectivity index (χ2n) is 5.64. The van der Waals surface area contributed by atoms with Crippen LogP contribution in [0.3, 0.4) is 0 Å². The summed E-state index contributed by atoms with van der Waals surface area (Å²) >= 11 is 6.09. The Labute approximate surface area is 159 Å². The van der Waals surface area contributed by atoms with Gasteiger partial charge in [0.25, 0.3) is 11.6 Å². The van der Waals surface area contributed by atoms with Crippen molar-refractivity contribution in [3.63, 3.8) is 0 Å². The molecule has 2 aromatic carbocycles.